The van der Waals surface area contributed by atoms with E-state index >= 15 is 0 Å². The van der Waals surface area contributed by atoms with Crippen LogP contribution in [-0.4, -0.2) is 88.6 Å². The first kappa shape index (κ1) is 23.9. The molecule has 0 radical (unpaired) electrons. The van der Waals surface area contributed by atoms with E-state index in [-0.39, 0.29) is 18.4 Å². The second-order valence-corrected chi connectivity index (χ2v) is 10.4. The van der Waals surface area contributed by atoms with Crippen LogP contribution < -0.4 is 4.90 Å². The van der Waals surface area contributed by atoms with Crippen molar-refractivity contribution in [3.05, 3.63) is 11.1 Å². The third-order valence-corrected chi connectivity index (χ3v) is 8.28. The molecule has 1 saturated carbocycles. The minimum Gasteiger partial charge on any atom is -0.345 e. The topological polar surface area (TPSA) is 97.3 Å². The molecule has 2 aliphatic heterocycles. The zero-order chi connectivity index (χ0) is 23.4. The highest BCUT2D eigenvalue weighted by molar-refractivity contribution is 7.13. The van der Waals surface area contributed by atoms with E-state index in [4.69, 9.17) is 0 Å². The van der Waals surface area contributed by atoms with Crippen LogP contribution in [0.2, 0.25) is 0 Å². The summed E-state index contributed by atoms with van der Waals surface area (Å²) in [7, 11) is 0. The van der Waals surface area contributed by atoms with Crippen molar-refractivity contribution in [1.29, 1.82) is 0 Å². The Morgan fingerprint density at radius 1 is 1.18 bits per heavy atom. The summed E-state index contributed by atoms with van der Waals surface area (Å²) in [5, 5.41) is 13.4. The molecular weight excluding hydrogens is 442 g/mol. The van der Waals surface area contributed by atoms with Gasteiger partial charge in [-0.25, -0.2) is 10.0 Å². The van der Waals surface area contributed by atoms with E-state index in [2.05, 4.69) is 9.88 Å². The number of likely N-dealkylation sites (tertiary alicyclic amines) is 1. The van der Waals surface area contributed by atoms with Crippen molar-refractivity contribution in [2.24, 2.45) is 11.8 Å². The maximum atomic E-state index is 13.5. The summed E-state index contributed by atoms with van der Waals surface area (Å²) in [5.74, 6) is -0.109. The highest BCUT2D eigenvalue weighted by atomic mass is 32.1. The molecular formula is C23H35N5O4S. The number of amides is 3. The van der Waals surface area contributed by atoms with Crippen LogP contribution in [0.5, 0.6) is 0 Å². The number of aryl methyl sites for hydroxylation is 1. The number of piperazine rings is 1. The Labute approximate surface area is 199 Å². The lowest BCUT2D eigenvalue weighted by atomic mass is 9.91. The van der Waals surface area contributed by atoms with Gasteiger partial charge < -0.3 is 14.7 Å². The molecule has 182 valence electrons. The smallest absolute Gasteiger partial charge is 0.245 e. The second kappa shape index (κ2) is 10.8. The van der Waals surface area contributed by atoms with Crippen molar-refractivity contribution >= 4 is 34.7 Å². The fourth-order valence-corrected chi connectivity index (χ4v) is 6.37. The number of rotatable bonds is 8. The summed E-state index contributed by atoms with van der Waals surface area (Å²) < 4.78 is 0. The first-order valence-corrected chi connectivity index (χ1v) is 13.0. The third-order valence-electron chi connectivity index (χ3n) is 7.26. The zero-order valence-electron chi connectivity index (χ0n) is 19.4. The van der Waals surface area contributed by atoms with Crippen molar-refractivity contribution in [2.75, 3.05) is 44.2 Å². The first-order valence-electron chi connectivity index (χ1n) is 12.1. The number of carbonyl (C=O) groups is 3. The Hall–Kier alpha value is -2.20. The van der Waals surface area contributed by atoms with Gasteiger partial charge in [-0.2, -0.15) is 0 Å². The molecule has 2 saturated heterocycles. The van der Waals surface area contributed by atoms with E-state index in [1.54, 1.807) is 16.2 Å². The summed E-state index contributed by atoms with van der Waals surface area (Å²) >= 11 is 1.63. The zero-order valence-corrected chi connectivity index (χ0v) is 20.2. The predicted molar refractivity (Wildman–Crippen MR) is 125 cm³/mol. The summed E-state index contributed by atoms with van der Waals surface area (Å²) in [6.45, 7) is 5.25. The third kappa shape index (κ3) is 5.66. The van der Waals surface area contributed by atoms with E-state index in [9.17, 15) is 19.6 Å². The van der Waals surface area contributed by atoms with Crippen LogP contribution in [0.4, 0.5) is 5.13 Å². The maximum absolute atomic E-state index is 13.5. The van der Waals surface area contributed by atoms with Gasteiger partial charge in [0, 0.05) is 38.1 Å². The molecule has 0 unspecified atom stereocenters. The number of hydrogen-bond acceptors (Lipinski definition) is 7. The molecule has 3 amide bonds. The van der Waals surface area contributed by atoms with Crippen molar-refractivity contribution in [3.8, 4) is 0 Å². The lowest BCUT2D eigenvalue weighted by molar-refractivity contribution is -0.159. The molecule has 1 aromatic heterocycles. The fourth-order valence-electron chi connectivity index (χ4n) is 5.51. The largest absolute Gasteiger partial charge is 0.345 e. The Balaban J connectivity index is 1.38. The lowest BCUT2D eigenvalue weighted by Crippen LogP contribution is -2.55. The van der Waals surface area contributed by atoms with Gasteiger partial charge in [-0.3, -0.25) is 19.6 Å². The van der Waals surface area contributed by atoms with Crippen LogP contribution in [0.15, 0.2) is 5.38 Å². The van der Waals surface area contributed by atoms with Crippen molar-refractivity contribution in [2.45, 2.75) is 57.9 Å². The van der Waals surface area contributed by atoms with Gasteiger partial charge in [-0.05, 0) is 32.1 Å². The molecule has 33 heavy (non-hydrogen) atoms. The molecule has 3 heterocycles. The van der Waals surface area contributed by atoms with Crippen molar-refractivity contribution in [3.63, 3.8) is 0 Å². The van der Waals surface area contributed by atoms with E-state index in [1.807, 2.05) is 17.2 Å². The van der Waals surface area contributed by atoms with Gasteiger partial charge in [0.1, 0.15) is 6.04 Å². The molecule has 3 fully saturated rings. The molecule has 9 nitrogen and oxygen atoms in total. The average Bonchev–Trinajstić information content (AvgIpc) is 3.60. The van der Waals surface area contributed by atoms with Crippen LogP contribution in [0, 0.1) is 18.8 Å². The molecule has 0 aromatic carbocycles. The number of carbonyl (C=O) groups excluding carboxylic acids is 3. The Kier molecular flexibility index (Phi) is 7.85. The van der Waals surface area contributed by atoms with Crippen LogP contribution in [0.1, 0.15) is 50.6 Å². The Morgan fingerprint density at radius 3 is 2.55 bits per heavy atom. The number of hydrogen-bond donors (Lipinski definition) is 1. The average molecular weight is 478 g/mol. The van der Waals surface area contributed by atoms with E-state index in [1.165, 1.54) is 12.8 Å². The van der Waals surface area contributed by atoms with Gasteiger partial charge in [-0.1, -0.05) is 25.7 Å². The van der Waals surface area contributed by atoms with Gasteiger partial charge in [0.15, 0.2) is 5.13 Å². The van der Waals surface area contributed by atoms with Gasteiger partial charge >= 0.3 is 0 Å². The van der Waals surface area contributed by atoms with Gasteiger partial charge in [-0.15, -0.1) is 11.3 Å². The van der Waals surface area contributed by atoms with Crippen LogP contribution >= 0.6 is 11.3 Å². The van der Waals surface area contributed by atoms with Crippen LogP contribution in [0.25, 0.3) is 0 Å². The molecule has 1 aliphatic carbocycles. The summed E-state index contributed by atoms with van der Waals surface area (Å²) in [6.07, 6.45) is 6.98. The Morgan fingerprint density at radius 2 is 1.91 bits per heavy atom. The molecule has 4 rings (SSSR count). The lowest BCUT2D eigenvalue weighted by Gasteiger charge is -2.38. The van der Waals surface area contributed by atoms with Gasteiger partial charge in [0.05, 0.1) is 18.2 Å². The quantitative estimate of drug-likeness (QED) is 0.350. The summed E-state index contributed by atoms with van der Waals surface area (Å²) in [6, 6.07) is -0.444. The summed E-state index contributed by atoms with van der Waals surface area (Å²) in [4.78, 5) is 48.3. The molecule has 3 aliphatic rings. The minimum absolute atomic E-state index is 0.0118. The predicted octanol–water partition coefficient (Wildman–Crippen LogP) is 2.14. The molecule has 0 spiro atoms. The summed E-state index contributed by atoms with van der Waals surface area (Å²) in [5.41, 5.74) is 1.01. The Bertz CT molecular complexity index is 835. The standard InChI is InChI=1S/C23H35N5O4S/c1-17-15-33-23(24-17)26-11-9-25(10-12-26)22(31)20-7-4-8-28(20)21(30)19(14-27(32)16-29)13-18-5-2-3-6-18/h15-16,18-20,32H,2-14H2,1H3/t19-,20+/m1/s1. The van der Waals surface area contributed by atoms with Crippen LogP contribution in [-0.2, 0) is 14.4 Å². The van der Waals surface area contributed by atoms with E-state index in [0.29, 0.717) is 49.9 Å². The SMILES string of the molecule is Cc1csc(N2CCN(C(=O)[C@@H]3CCCN3C(=O)[C@H](CC3CCCC3)CN(O)C=O)CC2)n1. The molecule has 1 aromatic rings. The first-order chi connectivity index (χ1) is 16.0. The number of thiazole rings is 1. The molecule has 1 N–H and O–H groups in total. The fraction of sp³-hybridized carbons (Fsp3) is 0.739. The van der Waals surface area contributed by atoms with Crippen LogP contribution in [0.3, 0.4) is 0 Å². The molecule has 10 heteroatoms. The highest BCUT2D eigenvalue weighted by Crippen LogP contribution is 2.33. The van der Waals surface area contributed by atoms with Crippen molar-refractivity contribution < 1.29 is 19.6 Å². The molecule has 0 bridgehead atoms. The number of nitrogens with zero attached hydrogens (tertiary/aromatic N) is 5. The maximum Gasteiger partial charge on any atom is 0.245 e. The molecule has 2 atom stereocenters. The highest BCUT2D eigenvalue weighted by Gasteiger charge is 2.40. The van der Waals surface area contributed by atoms with Gasteiger partial charge in [0.2, 0.25) is 18.2 Å². The monoisotopic (exact) mass is 477 g/mol. The van der Waals surface area contributed by atoms with Gasteiger partial charge in [0.25, 0.3) is 0 Å². The number of anilines is 1. The second-order valence-electron chi connectivity index (χ2n) is 9.58. The van der Waals surface area contributed by atoms with E-state index < -0.39 is 12.0 Å². The number of aromatic nitrogens is 1. The normalized spacial score (nSPS) is 22.6. The van der Waals surface area contributed by atoms with E-state index in [0.717, 1.165) is 43.2 Å². The number of hydroxylamine groups is 2. The van der Waals surface area contributed by atoms with Crippen molar-refractivity contribution in [1.82, 2.24) is 19.8 Å². The minimum atomic E-state index is -0.471.